The van der Waals surface area contributed by atoms with Crippen molar-refractivity contribution in [3.05, 3.63) is 18.1 Å². The highest BCUT2D eigenvalue weighted by atomic mass is 16.3. The van der Waals surface area contributed by atoms with E-state index in [0.29, 0.717) is 18.9 Å². The highest BCUT2D eigenvalue weighted by Gasteiger charge is 2.15. The van der Waals surface area contributed by atoms with Crippen molar-refractivity contribution in [2.45, 2.75) is 26.0 Å². The Hall–Kier alpha value is -1.20. The Morgan fingerprint density at radius 1 is 1.40 bits per heavy atom. The zero-order valence-corrected chi connectivity index (χ0v) is 9.44. The molecule has 0 fully saturated rings. The molecule has 0 spiro atoms. The first kappa shape index (κ1) is 11.9. The van der Waals surface area contributed by atoms with Crippen LogP contribution in [0.2, 0.25) is 0 Å². The molecule has 0 unspecified atom stereocenters. The van der Waals surface area contributed by atoms with Crippen LogP contribution in [0.25, 0.3) is 0 Å². The molecule has 0 amide bonds. The number of hydrogen-bond donors (Lipinski definition) is 2. The fourth-order valence-corrected chi connectivity index (χ4v) is 1.44. The first-order valence-corrected chi connectivity index (χ1v) is 4.84. The monoisotopic (exact) mass is 210 g/mol. The van der Waals surface area contributed by atoms with Gasteiger partial charge >= 0.3 is 0 Å². The van der Waals surface area contributed by atoms with Crippen molar-refractivity contribution in [1.82, 2.24) is 14.9 Å². The van der Waals surface area contributed by atoms with E-state index in [0.717, 1.165) is 5.69 Å². The quantitative estimate of drug-likeness (QED) is 0.745. The van der Waals surface area contributed by atoms with Gasteiger partial charge in [-0.1, -0.05) is 0 Å². The summed E-state index contributed by atoms with van der Waals surface area (Å²) in [5.74, 6) is 0.420. The number of anilines is 1. The first-order chi connectivity index (χ1) is 6.87. The van der Waals surface area contributed by atoms with E-state index in [1.165, 1.54) is 6.20 Å². The minimum Gasteiger partial charge on any atom is -0.389 e. The average Bonchev–Trinajstić information content (AvgIpc) is 2.05. The second kappa shape index (κ2) is 4.55. The van der Waals surface area contributed by atoms with Gasteiger partial charge in [0.05, 0.1) is 23.7 Å². The lowest BCUT2D eigenvalue weighted by Crippen LogP contribution is -2.36. The van der Waals surface area contributed by atoms with Crippen LogP contribution >= 0.6 is 0 Å². The summed E-state index contributed by atoms with van der Waals surface area (Å²) in [7, 11) is 1.93. The fourth-order valence-electron chi connectivity index (χ4n) is 1.44. The smallest absolute Gasteiger partial charge is 0.141 e. The van der Waals surface area contributed by atoms with Gasteiger partial charge in [-0.3, -0.25) is 9.88 Å². The second-order valence-electron chi connectivity index (χ2n) is 4.42. The van der Waals surface area contributed by atoms with Gasteiger partial charge in [0.1, 0.15) is 5.82 Å². The fraction of sp³-hybridized carbons (Fsp3) is 0.600. The summed E-state index contributed by atoms with van der Waals surface area (Å²) in [6.07, 6.45) is 3.18. The van der Waals surface area contributed by atoms with Crippen molar-refractivity contribution < 1.29 is 5.11 Å². The number of nitrogen functional groups attached to an aromatic ring is 1. The van der Waals surface area contributed by atoms with Gasteiger partial charge in [0.15, 0.2) is 0 Å². The molecule has 0 radical (unpaired) electrons. The third-order valence-electron chi connectivity index (χ3n) is 1.81. The van der Waals surface area contributed by atoms with Crippen molar-refractivity contribution in [3.63, 3.8) is 0 Å². The number of aliphatic hydroxyl groups is 1. The Morgan fingerprint density at radius 2 is 2.07 bits per heavy atom. The average molecular weight is 210 g/mol. The highest BCUT2D eigenvalue weighted by molar-refractivity contribution is 5.22. The summed E-state index contributed by atoms with van der Waals surface area (Å²) < 4.78 is 0. The molecule has 3 N–H and O–H groups in total. The maximum absolute atomic E-state index is 9.61. The lowest BCUT2D eigenvalue weighted by atomic mass is 10.1. The van der Waals surface area contributed by atoms with Crippen molar-refractivity contribution in [3.8, 4) is 0 Å². The van der Waals surface area contributed by atoms with Gasteiger partial charge in [-0.15, -0.1) is 0 Å². The molecule has 15 heavy (non-hydrogen) atoms. The van der Waals surface area contributed by atoms with E-state index in [9.17, 15) is 5.11 Å². The van der Waals surface area contributed by atoms with E-state index in [-0.39, 0.29) is 0 Å². The number of nitrogens with zero attached hydrogens (tertiary/aromatic N) is 3. The predicted molar refractivity (Wildman–Crippen MR) is 59.1 cm³/mol. The summed E-state index contributed by atoms with van der Waals surface area (Å²) in [6, 6.07) is 0. The van der Waals surface area contributed by atoms with E-state index in [4.69, 9.17) is 5.73 Å². The van der Waals surface area contributed by atoms with Gasteiger partial charge in [0.2, 0.25) is 0 Å². The van der Waals surface area contributed by atoms with Gasteiger partial charge in [-0.25, -0.2) is 4.98 Å². The van der Waals surface area contributed by atoms with Gasteiger partial charge < -0.3 is 10.8 Å². The second-order valence-corrected chi connectivity index (χ2v) is 4.42. The van der Waals surface area contributed by atoms with Crippen LogP contribution in [0, 0.1) is 0 Å². The Labute approximate surface area is 90.0 Å². The lowest BCUT2D eigenvalue weighted by Gasteiger charge is -2.24. The Bertz CT molecular complexity index is 304. The van der Waals surface area contributed by atoms with E-state index < -0.39 is 5.60 Å². The third-order valence-corrected chi connectivity index (χ3v) is 1.81. The van der Waals surface area contributed by atoms with Crippen LogP contribution in [-0.4, -0.2) is 39.2 Å². The standard InChI is InChI=1S/C10H18N4O/c1-10(2,15)7-14(3)6-8-4-13-9(11)5-12-8/h4-5,15H,6-7H2,1-3H3,(H2,11,13). The molecular weight excluding hydrogens is 192 g/mol. The molecule has 1 rings (SSSR count). The maximum Gasteiger partial charge on any atom is 0.141 e. The van der Waals surface area contributed by atoms with E-state index in [1.807, 2.05) is 11.9 Å². The summed E-state index contributed by atoms with van der Waals surface area (Å²) >= 11 is 0. The van der Waals surface area contributed by atoms with Crippen LogP contribution in [0.1, 0.15) is 19.5 Å². The molecule has 5 nitrogen and oxygen atoms in total. The summed E-state index contributed by atoms with van der Waals surface area (Å²) in [4.78, 5) is 10.1. The van der Waals surface area contributed by atoms with Crippen LogP contribution in [0.3, 0.4) is 0 Å². The Morgan fingerprint density at radius 3 is 2.53 bits per heavy atom. The molecule has 0 atom stereocenters. The first-order valence-electron chi connectivity index (χ1n) is 4.84. The molecule has 0 aromatic carbocycles. The number of likely N-dealkylation sites (N-methyl/N-ethyl adjacent to an activating group) is 1. The Balaban J connectivity index is 2.51. The van der Waals surface area contributed by atoms with Crippen molar-refractivity contribution in [2.75, 3.05) is 19.3 Å². The zero-order chi connectivity index (χ0) is 11.5. The highest BCUT2D eigenvalue weighted by Crippen LogP contribution is 2.06. The summed E-state index contributed by atoms with van der Waals surface area (Å²) in [6.45, 7) is 4.78. The molecule has 0 saturated heterocycles. The normalized spacial score (nSPS) is 12.1. The van der Waals surface area contributed by atoms with E-state index in [1.54, 1.807) is 20.0 Å². The minimum atomic E-state index is -0.698. The molecule has 84 valence electrons. The van der Waals surface area contributed by atoms with E-state index >= 15 is 0 Å². The topological polar surface area (TPSA) is 75.3 Å². The number of hydrogen-bond acceptors (Lipinski definition) is 5. The van der Waals surface area contributed by atoms with Crippen LogP contribution in [0.4, 0.5) is 5.82 Å². The van der Waals surface area contributed by atoms with Crippen LogP contribution in [0.15, 0.2) is 12.4 Å². The predicted octanol–water partition coefficient (Wildman–Crippen LogP) is 0.261. The molecule has 1 aromatic rings. The maximum atomic E-state index is 9.61. The largest absolute Gasteiger partial charge is 0.389 e. The SMILES string of the molecule is CN(Cc1cnc(N)cn1)CC(C)(C)O. The number of nitrogens with two attached hydrogens (primary N) is 1. The van der Waals surface area contributed by atoms with Gasteiger partial charge in [-0.2, -0.15) is 0 Å². The molecule has 1 aromatic heterocycles. The van der Waals surface area contributed by atoms with Crippen LogP contribution in [0.5, 0.6) is 0 Å². The van der Waals surface area contributed by atoms with Crippen molar-refractivity contribution in [2.24, 2.45) is 0 Å². The summed E-state index contributed by atoms with van der Waals surface area (Å²) in [5.41, 5.74) is 5.58. The van der Waals surface area contributed by atoms with Gasteiger partial charge in [-0.05, 0) is 20.9 Å². The number of aromatic nitrogens is 2. The Kier molecular flexibility index (Phi) is 3.60. The molecule has 0 aliphatic carbocycles. The molecule has 5 heteroatoms. The van der Waals surface area contributed by atoms with E-state index in [2.05, 4.69) is 9.97 Å². The zero-order valence-electron chi connectivity index (χ0n) is 9.44. The molecule has 0 aliphatic rings. The lowest BCUT2D eigenvalue weighted by molar-refractivity contribution is 0.0421. The molecular formula is C10H18N4O. The van der Waals surface area contributed by atoms with Crippen LogP contribution < -0.4 is 5.73 Å². The number of rotatable bonds is 4. The minimum absolute atomic E-state index is 0.420. The van der Waals surface area contributed by atoms with Crippen molar-refractivity contribution >= 4 is 5.82 Å². The third kappa shape index (κ3) is 4.71. The molecule has 0 aliphatic heterocycles. The molecule has 0 bridgehead atoms. The summed E-state index contributed by atoms with van der Waals surface area (Å²) in [5, 5.41) is 9.61. The molecule has 0 saturated carbocycles. The van der Waals surface area contributed by atoms with Gasteiger partial charge in [0.25, 0.3) is 0 Å². The molecule has 1 heterocycles. The van der Waals surface area contributed by atoms with Gasteiger partial charge in [0, 0.05) is 13.1 Å². The van der Waals surface area contributed by atoms with Crippen molar-refractivity contribution in [1.29, 1.82) is 0 Å². The van der Waals surface area contributed by atoms with Crippen LogP contribution in [-0.2, 0) is 6.54 Å².